The Kier molecular flexibility index (Phi) is 5.99. The molecule has 0 spiro atoms. The first kappa shape index (κ1) is 16.5. The summed E-state index contributed by atoms with van der Waals surface area (Å²) >= 11 is 0. The minimum Gasteiger partial charge on any atom is -0.348 e. The predicted octanol–water partition coefficient (Wildman–Crippen LogP) is 2.73. The van der Waals surface area contributed by atoms with E-state index >= 15 is 0 Å². The molecule has 120 valence electrons. The van der Waals surface area contributed by atoms with Crippen LogP contribution >= 0.6 is 0 Å². The highest BCUT2D eigenvalue weighted by Gasteiger charge is 2.22. The van der Waals surface area contributed by atoms with Gasteiger partial charge in [-0.1, -0.05) is 44.0 Å². The number of benzene rings is 1. The van der Waals surface area contributed by atoms with E-state index in [0.717, 1.165) is 37.7 Å². The molecule has 0 aromatic heterocycles. The number of rotatable bonds is 6. The molecule has 0 heterocycles. The fourth-order valence-corrected chi connectivity index (χ4v) is 2.92. The van der Waals surface area contributed by atoms with Crippen molar-refractivity contribution in [3.05, 3.63) is 35.4 Å². The molecule has 0 saturated heterocycles. The second kappa shape index (κ2) is 7.97. The van der Waals surface area contributed by atoms with E-state index in [1.54, 1.807) is 0 Å². The van der Waals surface area contributed by atoms with Gasteiger partial charge in [0.15, 0.2) is 0 Å². The first-order valence-electron chi connectivity index (χ1n) is 8.26. The van der Waals surface area contributed by atoms with Gasteiger partial charge in [0.2, 0.25) is 11.8 Å². The topological polar surface area (TPSA) is 58.2 Å². The molecule has 1 aromatic rings. The lowest BCUT2D eigenvalue weighted by Gasteiger charge is -2.16. The van der Waals surface area contributed by atoms with E-state index < -0.39 is 0 Å². The highest BCUT2D eigenvalue weighted by molar-refractivity contribution is 5.86. The largest absolute Gasteiger partial charge is 0.348 e. The van der Waals surface area contributed by atoms with Gasteiger partial charge in [-0.25, -0.2) is 0 Å². The third-order valence-electron chi connectivity index (χ3n) is 4.41. The van der Waals surface area contributed by atoms with Crippen molar-refractivity contribution in [3.8, 4) is 0 Å². The van der Waals surface area contributed by atoms with Gasteiger partial charge >= 0.3 is 0 Å². The van der Waals surface area contributed by atoms with Crippen LogP contribution in [-0.4, -0.2) is 18.4 Å². The molecule has 0 bridgehead atoms. The molecule has 2 N–H and O–H groups in total. The van der Waals surface area contributed by atoms with Gasteiger partial charge in [0.1, 0.15) is 0 Å². The van der Waals surface area contributed by atoms with Crippen LogP contribution in [0.5, 0.6) is 0 Å². The van der Waals surface area contributed by atoms with Crippen LogP contribution in [0.4, 0.5) is 0 Å². The molecule has 0 radical (unpaired) electrons. The highest BCUT2D eigenvalue weighted by atomic mass is 16.2. The van der Waals surface area contributed by atoms with E-state index in [9.17, 15) is 9.59 Å². The quantitative estimate of drug-likeness (QED) is 0.849. The molecule has 2 rings (SSSR count). The van der Waals surface area contributed by atoms with Gasteiger partial charge < -0.3 is 10.6 Å². The standard InChI is InChI=1S/C18H26N2O2/c1-3-14-8-10-15(11-9-14)13(2)20-17(21)12-19-18(22)16-6-4-5-7-16/h8-11,13,16H,3-7,12H2,1-2H3,(H,19,22)(H,20,21)/t13-/m0/s1. The molecule has 1 fully saturated rings. The van der Waals surface area contributed by atoms with Crippen molar-refractivity contribution >= 4 is 11.8 Å². The molecule has 1 aliphatic rings. The number of hydrogen-bond donors (Lipinski definition) is 2. The van der Waals surface area contributed by atoms with Crippen molar-refractivity contribution < 1.29 is 9.59 Å². The van der Waals surface area contributed by atoms with Crippen molar-refractivity contribution in [1.29, 1.82) is 0 Å². The number of aryl methyl sites for hydroxylation is 1. The van der Waals surface area contributed by atoms with Gasteiger partial charge in [-0.2, -0.15) is 0 Å². The Morgan fingerprint density at radius 3 is 2.41 bits per heavy atom. The summed E-state index contributed by atoms with van der Waals surface area (Å²) in [5.74, 6) is -0.0159. The van der Waals surface area contributed by atoms with Gasteiger partial charge in [-0.05, 0) is 37.3 Å². The first-order chi connectivity index (χ1) is 10.6. The van der Waals surface area contributed by atoms with Crippen LogP contribution < -0.4 is 10.6 Å². The van der Waals surface area contributed by atoms with E-state index in [2.05, 4.69) is 29.7 Å². The second-order valence-corrected chi connectivity index (χ2v) is 6.08. The zero-order valence-electron chi connectivity index (χ0n) is 13.5. The number of nitrogens with one attached hydrogen (secondary N) is 2. The molecule has 0 unspecified atom stereocenters. The molecule has 22 heavy (non-hydrogen) atoms. The highest BCUT2D eigenvalue weighted by Crippen LogP contribution is 2.24. The minimum absolute atomic E-state index is 0.0209. The molecule has 1 aliphatic carbocycles. The Bertz CT molecular complexity index is 504. The second-order valence-electron chi connectivity index (χ2n) is 6.08. The van der Waals surface area contributed by atoms with Gasteiger partial charge in [-0.3, -0.25) is 9.59 Å². The predicted molar refractivity (Wildman–Crippen MR) is 87.3 cm³/mol. The van der Waals surface area contributed by atoms with E-state index in [0.29, 0.717) is 0 Å². The Hall–Kier alpha value is -1.84. The van der Waals surface area contributed by atoms with Gasteiger partial charge in [-0.15, -0.1) is 0 Å². The van der Waals surface area contributed by atoms with Crippen molar-refractivity contribution in [2.24, 2.45) is 5.92 Å². The SMILES string of the molecule is CCc1ccc([C@H](C)NC(=O)CNC(=O)C2CCCC2)cc1. The third kappa shape index (κ3) is 4.58. The van der Waals surface area contributed by atoms with Crippen LogP contribution in [0.2, 0.25) is 0 Å². The molecule has 4 heteroatoms. The Morgan fingerprint density at radius 1 is 1.18 bits per heavy atom. The van der Waals surface area contributed by atoms with Crippen LogP contribution in [0, 0.1) is 5.92 Å². The maximum absolute atomic E-state index is 11.9. The van der Waals surface area contributed by atoms with Gasteiger partial charge in [0.05, 0.1) is 12.6 Å². The van der Waals surface area contributed by atoms with Crippen molar-refractivity contribution in [3.63, 3.8) is 0 Å². The summed E-state index contributed by atoms with van der Waals surface area (Å²) in [6, 6.07) is 8.20. The van der Waals surface area contributed by atoms with E-state index in [1.807, 2.05) is 19.1 Å². The normalized spacial score (nSPS) is 16.3. The molecule has 2 amide bonds. The summed E-state index contributed by atoms with van der Waals surface area (Å²) in [6.45, 7) is 4.14. The molecule has 1 aromatic carbocycles. The fourth-order valence-electron chi connectivity index (χ4n) is 2.92. The van der Waals surface area contributed by atoms with Crippen LogP contribution in [0.25, 0.3) is 0 Å². The lowest BCUT2D eigenvalue weighted by Crippen LogP contribution is -2.39. The Labute approximate surface area is 132 Å². The maximum atomic E-state index is 11.9. The summed E-state index contributed by atoms with van der Waals surface area (Å²) in [7, 11) is 0. The van der Waals surface area contributed by atoms with Crippen LogP contribution in [-0.2, 0) is 16.0 Å². The van der Waals surface area contributed by atoms with Crippen LogP contribution in [0.15, 0.2) is 24.3 Å². The average Bonchev–Trinajstić information content (AvgIpc) is 3.07. The lowest BCUT2D eigenvalue weighted by atomic mass is 10.0. The number of hydrogen-bond acceptors (Lipinski definition) is 2. The summed E-state index contributed by atoms with van der Waals surface area (Å²) in [5.41, 5.74) is 2.36. The zero-order valence-corrected chi connectivity index (χ0v) is 13.5. The van der Waals surface area contributed by atoms with Gasteiger partial charge in [0, 0.05) is 5.92 Å². The third-order valence-corrected chi connectivity index (χ3v) is 4.41. The van der Waals surface area contributed by atoms with Crippen molar-refractivity contribution in [2.45, 2.75) is 52.0 Å². The lowest BCUT2D eigenvalue weighted by molar-refractivity contribution is -0.128. The average molecular weight is 302 g/mol. The number of amides is 2. The van der Waals surface area contributed by atoms with Crippen molar-refractivity contribution in [2.75, 3.05) is 6.54 Å². The molecule has 0 aliphatic heterocycles. The maximum Gasteiger partial charge on any atom is 0.239 e. The summed E-state index contributed by atoms with van der Waals surface area (Å²) in [4.78, 5) is 23.8. The van der Waals surface area contributed by atoms with Gasteiger partial charge in [0.25, 0.3) is 0 Å². The smallest absolute Gasteiger partial charge is 0.239 e. The van der Waals surface area contributed by atoms with Crippen LogP contribution in [0.3, 0.4) is 0 Å². The van der Waals surface area contributed by atoms with E-state index in [1.165, 1.54) is 5.56 Å². The minimum atomic E-state index is -0.140. The molecule has 4 nitrogen and oxygen atoms in total. The zero-order chi connectivity index (χ0) is 15.9. The molecular weight excluding hydrogens is 276 g/mol. The van der Waals surface area contributed by atoms with Crippen LogP contribution in [0.1, 0.15) is 56.7 Å². The molecule has 1 atom stereocenters. The summed E-state index contributed by atoms with van der Waals surface area (Å²) < 4.78 is 0. The Morgan fingerprint density at radius 2 is 1.82 bits per heavy atom. The first-order valence-corrected chi connectivity index (χ1v) is 8.26. The number of carbonyl (C=O) groups excluding carboxylic acids is 2. The summed E-state index contributed by atoms with van der Waals surface area (Å²) in [5, 5.41) is 5.67. The summed E-state index contributed by atoms with van der Waals surface area (Å²) in [6.07, 6.45) is 5.15. The molecule has 1 saturated carbocycles. The monoisotopic (exact) mass is 302 g/mol. The van der Waals surface area contributed by atoms with E-state index in [-0.39, 0.29) is 30.3 Å². The number of carbonyl (C=O) groups is 2. The van der Waals surface area contributed by atoms with Crippen molar-refractivity contribution in [1.82, 2.24) is 10.6 Å². The Balaban J connectivity index is 1.76. The van der Waals surface area contributed by atoms with E-state index in [4.69, 9.17) is 0 Å². The fraction of sp³-hybridized carbons (Fsp3) is 0.556. The molecular formula is C18H26N2O2.